The summed E-state index contributed by atoms with van der Waals surface area (Å²) in [5.41, 5.74) is 5.58. The molecule has 4 N–H and O–H groups in total. The molecule has 0 spiro atoms. The standard InChI is InChI=1S/C38H44Cl2FN5O5/c1-21(19-47)46-15-14-29-28(18-46)43-36(45(29)4)37(49)44-27-11-7-10-25(33(27)39)22-8-6-9-24-23(22)12-13-30(24)51-32-16-31(50-5)26(35(41)34(32)40)17-42-38(2,3)20-48/h6-11,16,21,30,42,47-48H,12-15,17-20H2,1-5H3,(H,44,49). The summed E-state index contributed by atoms with van der Waals surface area (Å²) >= 11 is 13.5. The lowest BCUT2D eigenvalue weighted by molar-refractivity contribution is 0.101. The van der Waals surface area contributed by atoms with Gasteiger partial charge in [-0.25, -0.2) is 9.37 Å². The third-order valence-electron chi connectivity index (χ3n) is 9.99. The van der Waals surface area contributed by atoms with E-state index in [1.165, 1.54) is 7.11 Å². The first-order valence-corrected chi connectivity index (χ1v) is 17.8. The highest BCUT2D eigenvalue weighted by Crippen LogP contribution is 2.45. The molecule has 1 amide bonds. The van der Waals surface area contributed by atoms with Gasteiger partial charge in [-0.1, -0.05) is 53.5 Å². The molecular formula is C38H44Cl2FN5O5. The van der Waals surface area contributed by atoms with Gasteiger partial charge < -0.3 is 34.9 Å². The molecule has 2 atom stereocenters. The third kappa shape index (κ3) is 7.33. The number of aromatic nitrogens is 2. The Bertz CT molecular complexity index is 1950. The molecule has 4 aromatic rings. The summed E-state index contributed by atoms with van der Waals surface area (Å²) in [5, 5.41) is 25.6. The topological polar surface area (TPSA) is 121 Å². The van der Waals surface area contributed by atoms with E-state index < -0.39 is 17.5 Å². The first-order valence-electron chi connectivity index (χ1n) is 17.1. The number of carbonyl (C=O) groups is 1. The number of methoxy groups -OCH3 is 1. The van der Waals surface area contributed by atoms with Crippen molar-refractivity contribution in [2.75, 3.05) is 32.2 Å². The number of imidazole rings is 1. The van der Waals surface area contributed by atoms with Gasteiger partial charge in [0.15, 0.2) is 11.6 Å². The smallest absolute Gasteiger partial charge is 0.291 e. The fourth-order valence-corrected chi connectivity index (χ4v) is 7.32. The second kappa shape index (κ2) is 15.1. The largest absolute Gasteiger partial charge is 0.496 e. The van der Waals surface area contributed by atoms with Gasteiger partial charge in [0.05, 0.1) is 36.7 Å². The Hall–Kier alpha value is -3.71. The van der Waals surface area contributed by atoms with Gasteiger partial charge >= 0.3 is 0 Å². The number of carbonyl (C=O) groups excluding carboxylic acids is 1. The average Bonchev–Trinajstić information content (AvgIpc) is 3.70. The van der Waals surface area contributed by atoms with E-state index in [0.29, 0.717) is 35.9 Å². The van der Waals surface area contributed by atoms with Crippen molar-refractivity contribution in [1.82, 2.24) is 19.8 Å². The minimum atomic E-state index is -0.645. The zero-order valence-electron chi connectivity index (χ0n) is 29.4. The van der Waals surface area contributed by atoms with Crippen LogP contribution in [0.5, 0.6) is 11.5 Å². The van der Waals surface area contributed by atoms with Crippen LogP contribution in [0.3, 0.4) is 0 Å². The lowest BCUT2D eigenvalue weighted by Gasteiger charge is -2.30. The van der Waals surface area contributed by atoms with Crippen LogP contribution in [0.15, 0.2) is 42.5 Å². The molecule has 51 heavy (non-hydrogen) atoms. The zero-order valence-corrected chi connectivity index (χ0v) is 31.0. The van der Waals surface area contributed by atoms with Crippen LogP contribution in [-0.2, 0) is 33.0 Å². The van der Waals surface area contributed by atoms with Crippen molar-refractivity contribution in [3.05, 3.63) is 92.2 Å². The highest BCUT2D eigenvalue weighted by atomic mass is 35.5. The van der Waals surface area contributed by atoms with Gasteiger partial charge in [-0.05, 0) is 56.4 Å². The van der Waals surface area contributed by atoms with E-state index in [9.17, 15) is 15.0 Å². The van der Waals surface area contributed by atoms with Gasteiger partial charge in [-0.3, -0.25) is 9.69 Å². The van der Waals surface area contributed by atoms with Gasteiger partial charge in [-0.2, -0.15) is 0 Å². The van der Waals surface area contributed by atoms with Crippen LogP contribution in [0.2, 0.25) is 10.0 Å². The van der Waals surface area contributed by atoms with Crippen molar-refractivity contribution < 1.29 is 28.9 Å². The lowest BCUT2D eigenvalue weighted by Crippen LogP contribution is -2.42. The fraction of sp³-hybridized carbons (Fsp3) is 0.421. The summed E-state index contributed by atoms with van der Waals surface area (Å²) in [6.45, 7) is 6.98. The summed E-state index contributed by atoms with van der Waals surface area (Å²) in [4.78, 5) is 20.4. The van der Waals surface area contributed by atoms with Crippen LogP contribution < -0.4 is 20.1 Å². The Morgan fingerprint density at radius 1 is 1.12 bits per heavy atom. The second-order valence-electron chi connectivity index (χ2n) is 13.9. The lowest BCUT2D eigenvalue weighted by atomic mass is 9.96. The SMILES string of the molecule is COc1cc(OC2CCc3c(-c4cccc(NC(=O)c5nc6c(n5C)CCN(C(C)CO)C6)c4Cl)cccc32)c(Cl)c(F)c1CNC(C)(C)CO. The number of hydrogen-bond donors (Lipinski definition) is 4. The summed E-state index contributed by atoms with van der Waals surface area (Å²) in [6.07, 6.45) is 1.65. The summed E-state index contributed by atoms with van der Waals surface area (Å²) in [7, 11) is 3.31. The van der Waals surface area contributed by atoms with Gasteiger partial charge in [0.2, 0.25) is 0 Å². The van der Waals surface area contributed by atoms with E-state index in [4.69, 9.17) is 32.7 Å². The average molecular weight is 741 g/mol. The van der Waals surface area contributed by atoms with Gasteiger partial charge in [0.25, 0.3) is 5.91 Å². The monoisotopic (exact) mass is 739 g/mol. The Morgan fingerprint density at radius 2 is 1.86 bits per heavy atom. The summed E-state index contributed by atoms with van der Waals surface area (Å²) < 4.78 is 29.3. The minimum Gasteiger partial charge on any atom is -0.496 e. The van der Waals surface area contributed by atoms with Gasteiger partial charge in [-0.15, -0.1) is 0 Å². The molecule has 0 fully saturated rings. The van der Waals surface area contributed by atoms with Crippen molar-refractivity contribution in [3.8, 4) is 22.6 Å². The van der Waals surface area contributed by atoms with Crippen molar-refractivity contribution >= 4 is 34.8 Å². The Labute approximate surface area is 307 Å². The molecule has 0 radical (unpaired) electrons. The number of rotatable bonds is 12. The van der Waals surface area contributed by atoms with Crippen LogP contribution in [0.25, 0.3) is 11.1 Å². The number of ether oxygens (including phenoxy) is 2. The van der Waals surface area contributed by atoms with E-state index in [1.807, 2.05) is 62.7 Å². The molecule has 0 saturated heterocycles. The maximum Gasteiger partial charge on any atom is 0.291 e. The molecular weight excluding hydrogens is 696 g/mol. The van der Waals surface area contributed by atoms with E-state index in [1.54, 1.807) is 12.1 Å². The molecule has 1 aromatic heterocycles. The second-order valence-corrected chi connectivity index (χ2v) is 14.6. The normalized spacial score (nSPS) is 16.5. The number of aliphatic hydroxyl groups excluding tert-OH is 2. The molecule has 2 heterocycles. The predicted molar refractivity (Wildman–Crippen MR) is 196 cm³/mol. The van der Waals surface area contributed by atoms with Crippen molar-refractivity contribution in [1.29, 1.82) is 0 Å². The summed E-state index contributed by atoms with van der Waals surface area (Å²) in [5.74, 6) is -0.249. The van der Waals surface area contributed by atoms with Crippen LogP contribution in [-0.4, -0.2) is 69.0 Å². The van der Waals surface area contributed by atoms with E-state index in [0.717, 1.165) is 46.6 Å². The number of nitrogens with zero attached hydrogens (tertiary/aromatic N) is 3. The third-order valence-corrected chi connectivity index (χ3v) is 10.7. The number of fused-ring (bicyclic) bond motifs is 2. The van der Waals surface area contributed by atoms with E-state index in [-0.39, 0.29) is 53.8 Å². The number of hydrogen-bond acceptors (Lipinski definition) is 8. The molecule has 1 aliphatic heterocycles. The molecule has 0 saturated carbocycles. The van der Waals surface area contributed by atoms with Gasteiger partial charge in [0.1, 0.15) is 22.6 Å². The molecule has 0 bridgehead atoms. The highest BCUT2D eigenvalue weighted by Gasteiger charge is 2.31. The van der Waals surface area contributed by atoms with E-state index in [2.05, 4.69) is 20.5 Å². The Morgan fingerprint density at radius 3 is 2.59 bits per heavy atom. The minimum absolute atomic E-state index is 0.00934. The number of aliphatic hydroxyl groups is 2. The number of halogens is 3. The van der Waals surface area contributed by atoms with E-state index >= 15 is 4.39 Å². The quantitative estimate of drug-likeness (QED) is 0.131. The number of anilines is 1. The maximum absolute atomic E-state index is 15.6. The number of benzene rings is 3. The Balaban J connectivity index is 1.23. The van der Waals surface area contributed by atoms with Crippen LogP contribution in [0, 0.1) is 5.82 Å². The fourth-order valence-electron chi connectivity index (χ4n) is 6.84. The van der Waals surface area contributed by atoms with Crippen molar-refractivity contribution in [3.63, 3.8) is 0 Å². The molecule has 13 heteroatoms. The molecule has 3 aromatic carbocycles. The Kier molecular flexibility index (Phi) is 11.0. The van der Waals surface area contributed by atoms with Crippen LogP contribution in [0.4, 0.5) is 10.1 Å². The summed E-state index contributed by atoms with van der Waals surface area (Å²) in [6, 6.07) is 13.0. The molecule has 2 aliphatic rings. The molecule has 1 aliphatic carbocycles. The van der Waals surface area contributed by atoms with Crippen molar-refractivity contribution in [2.45, 2.75) is 70.8 Å². The number of nitrogens with one attached hydrogen (secondary N) is 2. The highest BCUT2D eigenvalue weighted by molar-refractivity contribution is 6.36. The molecule has 6 rings (SSSR count). The molecule has 2 unspecified atom stereocenters. The van der Waals surface area contributed by atoms with Crippen molar-refractivity contribution in [2.24, 2.45) is 7.05 Å². The first-order chi connectivity index (χ1) is 24.4. The number of amides is 1. The maximum atomic E-state index is 15.6. The van der Waals surface area contributed by atoms with Gasteiger partial charge in [0, 0.05) is 67.6 Å². The van der Waals surface area contributed by atoms with Crippen LogP contribution >= 0.6 is 23.2 Å². The molecule has 272 valence electrons. The first kappa shape index (κ1) is 37.1. The zero-order chi connectivity index (χ0) is 36.6. The predicted octanol–water partition coefficient (Wildman–Crippen LogP) is 6.46. The molecule has 10 nitrogen and oxygen atoms in total. The van der Waals surface area contributed by atoms with Crippen LogP contribution in [0.1, 0.15) is 72.0 Å².